The van der Waals surface area contributed by atoms with E-state index >= 15 is 0 Å². The molecule has 0 aliphatic rings. The third kappa shape index (κ3) is 4.61. The number of hydrogen-bond donors (Lipinski definition) is 1. The molecule has 0 aliphatic carbocycles. The lowest BCUT2D eigenvalue weighted by Gasteiger charge is -2.07. The fourth-order valence-electron chi connectivity index (χ4n) is 2.21. The van der Waals surface area contributed by atoms with Gasteiger partial charge in [0.05, 0.1) is 12.3 Å². The van der Waals surface area contributed by atoms with Gasteiger partial charge in [0.15, 0.2) is 16.8 Å². The van der Waals surface area contributed by atoms with Crippen LogP contribution in [0, 0.1) is 0 Å². The molecule has 1 heterocycles. The predicted molar refractivity (Wildman–Crippen MR) is 101 cm³/mol. The van der Waals surface area contributed by atoms with Gasteiger partial charge in [-0.05, 0) is 24.3 Å². The van der Waals surface area contributed by atoms with Crippen molar-refractivity contribution < 1.29 is 4.79 Å². The second-order valence-electron chi connectivity index (χ2n) is 5.40. The summed E-state index contributed by atoms with van der Waals surface area (Å²) < 4.78 is 1.89. The molecular weight excluding hydrogens is 356 g/mol. The van der Waals surface area contributed by atoms with Gasteiger partial charge in [0.2, 0.25) is 0 Å². The summed E-state index contributed by atoms with van der Waals surface area (Å²) in [4.78, 5) is 12.2. The van der Waals surface area contributed by atoms with E-state index in [1.54, 1.807) is 0 Å². The molecule has 0 unspecified atom stereocenters. The minimum atomic E-state index is 0.0782. The lowest BCUT2D eigenvalue weighted by molar-refractivity contribution is 0.102. The van der Waals surface area contributed by atoms with Crippen LogP contribution >= 0.6 is 23.4 Å². The number of anilines is 1. The summed E-state index contributed by atoms with van der Waals surface area (Å²) in [6, 6.07) is 16.7. The molecule has 7 heteroatoms. The Balaban J connectivity index is 1.57. The van der Waals surface area contributed by atoms with Crippen molar-refractivity contribution in [3.63, 3.8) is 0 Å². The molecular formula is C18H17ClN4OS. The molecule has 0 atom stereocenters. The first-order chi connectivity index (χ1) is 12.1. The molecule has 128 valence electrons. The Morgan fingerprint density at radius 1 is 1.12 bits per heavy atom. The van der Waals surface area contributed by atoms with E-state index in [0.29, 0.717) is 22.9 Å². The van der Waals surface area contributed by atoms with E-state index in [-0.39, 0.29) is 5.78 Å². The van der Waals surface area contributed by atoms with Gasteiger partial charge in [-0.2, -0.15) is 0 Å². The minimum absolute atomic E-state index is 0.0782. The van der Waals surface area contributed by atoms with Crippen LogP contribution in [0.15, 0.2) is 59.8 Å². The Kier molecular flexibility index (Phi) is 5.73. The van der Waals surface area contributed by atoms with E-state index in [1.807, 2.05) is 66.2 Å². The Morgan fingerprint density at radius 2 is 1.84 bits per heavy atom. The van der Waals surface area contributed by atoms with Crippen molar-refractivity contribution in [1.29, 1.82) is 0 Å². The number of benzene rings is 2. The normalized spacial score (nSPS) is 10.6. The molecule has 3 rings (SSSR count). The van der Waals surface area contributed by atoms with E-state index in [2.05, 4.69) is 15.5 Å². The van der Waals surface area contributed by atoms with E-state index < -0.39 is 0 Å². The van der Waals surface area contributed by atoms with Crippen molar-refractivity contribution >= 4 is 34.8 Å². The summed E-state index contributed by atoms with van der Waals surface area (Å²) in [6.07, 6.45) is 0. The fraction of sp³-hybridized carbons (Fsp3) is 0.167. The van der Waals surface area contributed by atoms with Crippen LogP contribution in [-0.4, -0.2) is 26.3 Å². The SMILES string of the molecule is Cn1c(CNc2ccc(Cl)cc2)nnc1SCC(=O)c1ccccc1. The Morgan fingerprint density at radius 3 is 2.56 bits per heavy atom. The first-order valence-corrected chi connectivity index (χ1v) is 9.08. The van der Waals surface area contributed by atoms with Crippen LogP contribution in [0.4, 0.5) is 5.69 Å². The molecule has 25 heavy (non-hydrogen) atoms. The Bertz CT molecular complexity index is 849. The van der Waals surface area contributed by atoms with Crippen molar-refractivity contribution in [2.45, 2.75) is 11.7 Å². The monoisotopic (exact) mass is 372 g/mol. The summed E-state index contributed by atoms with van der Waals surface area (Å²) in [5, 5.41) is 13.1. The van der Waals surface area contributed by atoms with E-state index in [9.17, 15) is 4.79 Å². The Hall–Kier alpha value is -2.31. The largest absolute Gasteiger partial charge is 0.378 e. The predicted octanol–water partition coefficient (Wildman–Crippen LogP) is 4.06. The lowest BCUT2D eigenvalue weighted by Crippen LogP contribution is -2.07. The first kappa shape index (κ1) is 17.5. The van der Waals surface area contributed by atoms with Crippen LogP contribution < -0.4 is 5.32 Å². The van der Waals surface area contributed by atoms with Gasteiger partial charge in [-0.3, -0.25) is 4.79 Å². The van der Waals surface area contributed by atoms with Crippen LogP contribution in [0.25, 0.3) is 0 Å². The van der Waals surface area contributed by atoms with Crippen molar-refractivity contribution in [2.75, 3.05) is 11.1 Å². The van der Waals surface area contributed by atoms with Crippen LogP contribution in [0.3, 0.4) is 0 Å². The molecule has 0 spiro atoms. The number of carbonyl (C=O) groups excluding carboxylic acids is 1. The smallest absolute Gasteiger partial charge is 0.191 e. The summed E-state index contributed by atoms with van der Waals surface area (Å²) in [5.74, 6) is 1.21. The maximum absolute atomic E-state index is 12.2. The van der Waals surface area contributed by atoms with Crippen molar-refractivity contribution in [2.24, 2.45) is 7.05 Å². The molecule has 1 N–H and O–H groups in total. The number of Topliss-reactive ketones (excluding diaryl/α,β-unsaturated/α-hetero) is 1. The molecule has 0 saturated carbocycles. The van der Waals surface area contributed by atoms with Crippen molar-refractivity contribution in [3.8, 4) is 0 Å². The number of ketones is 1. The Labute approximate surface area is 155 Å². The molecule has 0 radical (unpaired) electrons. The van der Waals surface area contributed by atoms with E-state index in [0.717, 1.165) is 16.7 Å². The second-order valence-corrected chi connectivity index (χ2v) is 6.78. The number of rotatable bonds is 7. The molecule has 0 bridgehead atoms. The zero-order chi connectivity index (χ0) is 17.6. The van der Waals surface area contributed by atoms with Gasteiger partial charge >= 0.3 is 0 Å². The van der Waals surface area contributed by atoms with Gasteiger partial charge in [-0.1, -0.05) is 53.7 Å². The number of aromatic nitrogens is 3. The highest BCUT2D eigenvalue weighted by atomic mass is 35.5. The average molecular weight is 373 g/mol. The number of nitrogens with one attached hydrogen (secondary N) is 1. The molecule has 0 aliphatic heterocycles. The van der Waals surface area contributed by atoms with Gasteiger partial charge in [0.25, 0.3) is 0 Å². The van der Waals surface area contributed by atoms with Crippen molar-refractivity contribution in [1.82, 2.24) is 14.8 Å². The van der Waals surface area contributed by atoms with E-state index in [1.165, 1.54) is 11.8 Å². The lowest BCUT2D eigenvalue weighted by atomic mass is 10.2. The van der Waals surface area contributed by atoms with Gasteiger partial charge in [-0.15, -0.1) is 10.2 Å². The van der Waals surface area contributed by atoms with Gasteiger partial charge in [0.1, 0.15) is 0 Å². The summed E-state index contributed by atoms with van der Waals surface area (Å²) in [5.41, 5.74) is 1.67. The molecule has 0 fully saturated rings. The van der Waals surface area contributed by atoms with Gasteiger partial charge < -0.3 is 9.88 Å². The molecule has 0 saturated heterocycles. The van der Waals surface area contributed by atoms with Crippen LogP contribution in [0.5, 0.6) is 0 Å². The number of nitrogens with zero attached hydrogens (tertiary/aromatic N) is 3. The molecule has 1 aromatic heterocycles. The minimum Gasteiger partial charge on any atom is -0.378 e. The summed E-state index contributed by atoms with van der Waals surface area (Å²) in [7, 11) is 1.90. The number of hydrogen-bond acceptors (Lipinski definition) is 5. The van der Waals surface area contributed by atoms with E-state index in [4.69, 9.17) is 11.6 Å². The number of carbonyl (C=O) groups is 1. The zero-order valence-electron chi connectivity index (χ0n) is 13.6. The van der Waals surface area contributed by atoms with Crippen LogP contribution in [0.1, 0.15) is 16.2 Å². The first-order valence-electron chi connectivity index (χ1n) is 7.72. The molecule has 2 aromatic carbocycles. The maximum atomic E-state index is 12.2. The summed E-state index contributed by atoms with van der Waals surface area (Å²) in [6.45, 7) is 0.540. The maximum Gasteiger partial charge on any atom is 0.191 e. The standard InChI is InChI=1S/C18H17ClN4OS/c1-23-17(11-20-15-9-7-14(19)8-10-15)21-22-18(23)25-12-16(24)13-5-3-2-4-6-13/h2-10,20H,11-12H2,1H3. The second kappa shape index (κ2) is 8.18. The highest BCUT2D eigenvalue weighted by Gasteiger charge is 2.12. The molecule has 5 nitrogen and oxygen atoms in total. The van der Waals surface area contributed by atoms with Gasteiger partial charge in [0, 0.05) is 23.3 Å². The average Bonchev–Trinajstić information content (AvgIpc) is 3.00. The highest BCUT2D eigenvalue weighted by Crippen LogP contribution is 2.19. The van der Waals surface area contributed by atoms with Crippen LogP contribution in [-0.2, 0) is 13.6 Å². The van der Waals surface area contributed by atoms with Crippen molar-refractivity contribution in [3.05, 3.63) is 71.0 Å². The molecule has 3 aromatic rings. The quantitative estimate of drug-likeness (QED) is 0.500. The third-order valence-electron chi connectivity index (χ3n) is 3.65. The topological polar surface area (TPSA) is 59.8 Å². The molecule has 0 amide bonds. The fourth-order valence-corrected chi connectivity index (χ4v) is 3.16. The zero-order valence-corrected chi connectivity index (χ0v) is 15.2. The van der Waals surface area contributed by atoms with Gasteiger partial charge in [-0.25, -0.2) is 0 Å². The third-order valence-corrected chi connectivity index (χ3v) is 4.92. The highest BCUT2D eigenvalue weighted by molar-refractivity contribution is 7.99. The van der Waals surface area contributed by atoms with Crippen LogP contribution in [0.2, 0.25) is 5.02 Å². The summed E-state index contributed by atoms with van der Waals surface area (Å²) >= 11 is 7.27. The number of thioether (sulfide) groups is 1. The number of halogens is 1.